The molecule has 0 unspecified atom stereocenters. The molecule has 0 spiro atoms. The van der Waals surface area contributed by atoms with Crippen molar-refractivity contribution in [3.63, 3.8) is 0 Å². The average Bonchev–Trinajstić information content (AvgIpc) is 3.04. The molecule has 19 heavy (non-hydrogen) atoms. The van der Waals surface area contributed by atoms with Crippen LogP contribution in [0.4, 0.5) is 0 Å². The lowest BCUT2D eigenvalue weighted by Crippen LogP contribution is -2.18. The molecule has 98 valence electrons. The number of nitrogens with one attached hydrogen (secondary N) is 1. The van der Waals surface area contributed by atoms with E-state index in [4.69, 9.17) is 4.42 Å². The minimum Gasteiger partial charge on any atom is -0.468 e. The molecule has 1 aromatic carbocycles. The molecule has 3 aromatic rings. The molecule has 1 N–H and O–H groups in total. The summed E-state index contributed by atoms with van der Waals surface area (Å²) >= 11 is 3.52. The standard InChI is InChI=1S/C15H15BrN2O/c16-13-4-3-12-5-7-18(15(12)10-13)8-6-17-11-14-2-1-9-19-14/h1-5,7,9-10,17H,6,8,11H2. The van der Waals surface area contributed by atoms with Crippen LogP contribution in [-0.2, 0) is 13.1 Å². The Labute approximate surface area is 120 Å². The maximum absolute atomic E-state index is 5.28. The Morgan fingerprint density at radius 2 is 2.16 bits per heavy atom. The van der Waals surface area contributed by atoms with Gasteiger partial charge in [0.05, 0.1) is 12.8 Å². The largest absolute Gasteiger partial charge is 0.468 e. The first-order chi connectivity index (χ1) is 9.33. The van der Waals surface area contributed by atoms with Crippen molar-refractivity contribution in [3.8, 4) is 0 Å². The second-order valence-electron chi connectivity index (χ2n) is 4.47. The molecular weight excluding hydrogens is 304 g/mol. The van der Waals surface area contributed by atoms with Gasteiger partial charge in [-0.25, -0.2) is 0 Å². The molecule has 0 atom stereocenters. The number of benzene rings is 1. The summed E-state index contributed by atoms with van der Waals surface area (Å²) in [5.74, 6) is 0.972. The summed E-state index contributed by atoms with van der Waals surface area (Å²) in [4.78, 5) is 0. The van der Waals surface area contributed by atoms with Crippen LogP contribution in [0, 0.1) is 0 Å². The molecule has 0 fully saturated rings. The van der Waals surface area contributed by atoms with Crippen LogP contribution in [0.2, 0.25) is 0 Å². The molecule has 0 saturated carbocycles. The van der Waals surface area contributed by atoms with Crippen molar-refractivity contribution in [2.75, 3.05) is 6.54 Å². The molecule has 4 heteroatoms. The van der Waals surface area contributed by atoms with Crippen LogP contribution in [0.5, 0.6) is 0 Å². The third-order valence-electron chi connectivity index (χ3n) is 3.14. The monoisotopic (exact) mass is 318 g/mol. The summed E-state index contributed by atoms with van der Waals surface area (Å²) < 4.78 is 8.65. The van der Waals surface area contributed by atoms with E-state index < -0.39 is 0 Å². The second-order valence-corrected chi connectivity index (χ2v) is 5.38. The molecule has 0 aliphatic rings. The number of furan rings is 1. The SMILES string of the molecule is Brc1ccc2ccn(CCNCc3ccco3)c2c1. The first-order valence-corrected chi connectivity index (χ1v) is 7.10. The number of hydrogen-bond donors (Lipinski definition) is 1. The average molecular weight is 319 g/mol. The first-order valence-electron chi connectivity index (χ1n) is 6.30. The van der Waals surface area contributed by atoms with Crippen LogP contribution in [0.25, 0.3) is 10.9 Å². The third kappa shape index (κ3) is 2.91. The van der Waals surface area contributed by atoms with Gasteiger partial charge in [-0.1, -0.05) is 22.0 Å². The van der Waals surface area contributed by atoms with Crippen molar-refractivity contribution in [1.29, 1.82) is 0 Å². The number of hydrogen-bond acceptors (Lipinski definition) is 2. The molecule has 3 rings (SSSR count). The Bertz CT molecular complexity index is 658. The van der Waals surface area contributed by atoms with Crippen LogP contribution in [0.1, 0.15) is 5.76 Å². The van der Waals surface area contributed by atoms with Gasteiger partial charge in [0.25, 0.3) is 0 Å². The summed E-state index contributed by atoms with van der Waals surface area (Å²) in [5, 5.41) is 4.65. The van der Waals surface area contributed by atoms with E-state index in [1.54, 1.807) is 6.26 Å². The van der Waals surface area contributed by atoms with Crippen molar-refractivity contribution in [2.24, 2.45) is 0 Å². The maximum atomic E-state index is 5.28. The smallest absolute Gasteiger partial charge is 0.117 e. The lowest BCUT2D eigenvalue weighted by atomic mass is 10.2. The number of halogens is 1. The van der Waals surface area contributed by atoms with E-state index in [2.05, 4.69) is 56.3 Å². The highest BCUT2D eigenvalue weighted by atomic mass is 79.9. The minimum absolute atomic E-state index is 0.774. The fourth-order valence-electron chi connectivity index (χ4n) is 2.18. The van der Waals surface area contributed by atoms with Gasteiger partial charge in [0.15, 0.2) is 0 Å². The highest BCUT2D eigenvalue weighted by molar-refractivity contribution is 9.10. The molecule has 0 radical (unpaired) electrons. The highest BCUT2D eigenvalue weighted by Crippen LogP contribution is 2.20. The van der Waals surface area contributed by atoms with Gasteiger partial charge < -0.3 is 14.3 Å². The van der Waals surface area contributed by atoms with Crippen LogP contribution in [-0.4, -0.2) is 11.1 Å². The predicted octanol–water partition coefficient (Wildman–Crippen LogP) is 3.79. The van der Waals surface area contributed by atoms with Gasteiger partial charge in [0.2, 0.25) is 0 Å². The zero-order valence-electron chi connectivity index (χ0n) is 10.5. The van der Waals surface area contributed by atoms with Crippen molar-refractivity contribution < 1.29 is 4.42 Å². The highest BCUT2D eigenvalue weighted by Gasteiger charge is 2.01. The van der Waals surface area contributed by atoms with Crippen molar-refractivity contribution in [1.82, 2.24) is 9.88 Å². The quantitative estimate of drug-likeness (QED) is 0.725. The van der Waals surface area contributed by atoms with Crippen molar-refractivity contribution >= 4 is 26.8 Å². The molecule has 3 nitrogen and oxygen atoms in total. The number of fused-ring (bicyclic) bond motifs is 1. The van der Waals surface area contributed by atoms with Gasteiger partial charge in [0.1, 0.15) is 5.76 Å². The van der Waals surface area contributed by atoms with Crippen LogP contribution >= 0.6 is 15.9 Å². The third-order valence-corrected chi connectivity index (χ3v) is 3.64. The van der Waals surface area contributed by atoms with Gasteiger partial charge in [-0.05, 0) is 35.7 Å². The summed E-state index contributed by atoms with van der Waals surface area (Å²) in [6.07, 6.45) is 3.83. The maximum Gasteiger partial charge on any atom is 0.117 e. The lowest BCUT2D eigenvalue weighted by Gasteiger charge is -2.06. The molecule has 0 bridgehead atoms. The lowest BCUT2D eigenvalue weighted by molar-refractivity contribution is 0.477. The number of rotatable bonds is 5. The summed E-state index contributed by atoms with van der Waals surface area (Å²) in [6.45, 7) is 2.63. The van der Waals surface area contributed by atoms with Crippen LogP contribution < -0.4 is 5.32 Å². The van der Waals surface area contributed by atoms with Gasteiger partial charge in [-0.2, -0.15) is 0 Å². The van der Waals surface area contributed by atoms with E-state index in [9.17, 15) is 0 Å². The number of aromatic nitrogens is 1. The van der Waals surface area contributed by atoms with E-state index >= 15 is 0 Å². The normalized spacial score (nSPS) is 11.2. The van der Waals surface area contributed by atoms with Gasteiger partial charge in [-0.15, -0.1) is 0 Å². The van der Waals surface area contributed by atoms with E-state index in [0.717, 1.165) is 29.9 Å². The van der Waals surface area contributed by atoms with Crippen LogP contribution in [0.3, 0.4) is 0 Å². The fourth-order valence-corrected chi connectivity index (χ4v) is 2.53. The first kappa shape index (κ1) is 12.5. The Morgan fingerprint density at radius 1 is 1.21 bits per heavy atom. The topological polar surface area (TPSA) is 30.1 Å². The Balaban J connectivity index is 1.60. The summed E-state index contributed by atoms with van der Waals surface area (Å²) in [5.41, 5.74) is 1.26. The molecule has 2 aromatic heterocycles. The van der Waals surface area contributed by atoms with Crippen molar-refractivity contribution in [2.45, 2.75) is 13.1 Å². The molecule has 0 saturated heterocycles. The number of nitrogens with zero attached hydrogens (tertiary/aromatic N) is 1. The second kappa shape index (κ2) is 5.63. The Kier molecular flexibility index (Phi) is 3.71. The Hall–Kier alpha value is -1.52. The van der Waals surface area contributed by atoms with Gasteiger partial charge >= 0.3 is 0 Å². The van der Waals surface area contributed by atoms with E-state index in [-0.39, 0.29) is 0 Å². The Morgan fingerprint density at radius 3 is 3.00 bits per heavy atom. The molecule has 0 aliphatic carbocycles. The van der Waals surface area contributed by atoms with Crippen molar-refractivity contribution in [3.05, 3.63) is 59.1 Å². The van der Waals surface area contributed by atoms with E-state index in [1.807, 2.05) is 12.1 Å². The van der Waals surface area contributed by atoms with E-state index in [1.165, 1.54) is 10.9 Å². The molecule has 0 amide bonds. The van der Waals surface area contributed by atoms with Gasteiger partial charge in [0, 0.05) is 29.3 Å². The predicted molar refractivity (Wildman–Crippen MR) is 80.1 cm³/mol. The summed E-state index contributed by atoms with van der Waals surface area (Å²) in [7, 11) is 0. The van der Waals surface area contributed by atoms with Gasteiger partial charge in [-0.3, -0.25) is 0 Å². The fraction of sp³-hybridized carbons (Fsp3) is 0.200. The molecule has 0 aliphatic heterocycles. The summed E-state index contributed by atoms with van der Waals surface area (Å²) in [6, 6.07) is 12.4. The molecule has 2 heterocycles. The minimum atomic E-state index is 0.774. The van der Waals surface area contributed by atoms with E-state index in [0.29, 0.717) is 0 Å². The zero-order chi connectivity index (χ0) is 13.1. The molecular formula is C15H15BrN2O. The zero-order valence-corrected chi connectivity index (χ0v) is 12.1. The van der Waals surface area contributed by atoms with Crippen LogP contribution in [0.15, 0.2) is 57.7 Å².